The molecule has 1 aromatic heterocycles. The molecule has 0 radical (unpaired) electrons. The lowest BCUT2D eigenvalue weighted by atomic mass is 10.0. The second-order valence-electron chi connectivity index (χ2n) is 8.71. The average Bonchev–Trinajstić information content (AvgIpc) is 2.98. The third-order valence-electron chi connectivity index (χ3n) is 6.19. The number of aromatic nitrogens is 3. The molecule has 37 heavy (non-hydrogen) atoms. The van der Waals surface area contributed by atoms with Crippen LogP contribution in [0.15, 0.2) is 133 Å². The van der Waals surface area contributed by atoms with E-state index < -0.39 is 0 Å². The first-order valence-corrected chi connectivity index (χ1v) is 12.4. The van der Waals surface area contributed by atoms with Crippen LogP contribution >= 0.6 is 11.6 Å². The minimum absolute atomic E-state index is 0.604. The molecule has 1 heterocycles. The van der Waals surface area contributed by atoms with Gasteiger partial charge in [-0.25, -0.2) is 15.0 Å². The van der Waals surface area contributed by atoms with E-state index in [0.29, 0.717) is 22.5 Å². The van der Waals surface area contributed by atoms with Crippen LogP contribution in [-0.4, -0.2) is 15.0 Å². The zero-order chi connectivity index (χ0) is 25.0. The maximum Gasteiger partial charge on any atom is 0.164 e. The highest BCUT2D eigenvalue weighted by molar-refractivity contribution is 6.30. The summed E-state index contributed by atoms with van der Waals surface area (Å²) in [6, 6.07) is 44.8. The molecule has 0 spiro atoms. The number of hydrogen-bond donors (Lipinski definition) is 0. The highest BCUT2D eigenvalue weighted by atomic mass is 35.5. The summed E-state index contributed by atoms with van der Waals surface area (Å²) in [5.74, 6) is 1.85. The maximum absolute atomic E-state index is 6.15. The van der Waals surface area contributed by atoms with Gasteiger partial charge in [0.05, 0.1) is 0 Å². The molecule has 0 amide bonds. The van der Waals surface area contributed by atoms with Gasteiger partial charge in [0.1, 0.15) is 0 Å². The largest absolute Gasteiger partial charge is 0.208 e. The van der Waals surface area contributed by atoms with Gasteiger partial charge in [0.15, 0.2) is 17.5 Å². The standard InChI is InChI=1S/C33H22ClN3/c34-30-19-17-25(18-20-30)31-35-32(28-15-7-13-26(21-28)23-9-3-1-4-10-23)37-33(36-31)29-16-8-14-27(22-29)24-11-5-2-6-12-24/h1-22H. The zero-order valence-corrected chi connectivity index (χ0v) is 20.7. The Morgan fingerprint density at radius 3 is 1.16 bits per heavy atom. The highest BCUT2D eigenvalue weighted by Crippen LogP contribution is 2.30. The molecule has 0 bridgehead atoms. The number of hydrogen-bond acceptors (Lipinski definition) is 3. The maximum atomic E-state index is 6.15. The molecule has 0 unspecified atom stereocenters. The number of benzene rings is 5. The quantitative estimate of drug-likeness (QED) is 0.240. The molecule has 0 N–H and O–H groups in total. The van der Waals surface area contributed by atoms with E-state index in [1.165, 1.54) is 0 Å². The van der Waals surface area contributed by atoms with Crippen molar-refractivity contribution >= 4 is 11.6 Å². The zero-order valence-electron chi connectivity index (χ0n) is 19.9. The molecular formula is C33H22ClN3. The summed E-state index contributed by atoms with van der Waals surface area (Å²) >= 11 is 6.15. The minimum atomic E-state index is 0.604. The summed E-state index contributed by atoms with van der Waals surface area (Å²) in [6.45, 7) is 0. The molecule has 0 saturated carbocycles. The van der Waals surface area contributed by atoms with E-state index in [-0.39, 0.29) is 0 Å². The normalized spacial score (nSPS) is 10.8. The Morgan fingerprint density at radius 1 is 0.324 bits per heavy atom. The molecule has 4 heteroatoms. The van der Waals surface area contributed by atoms with Crippen LogP contribution in [-0.2, 0) is 0 Å². The number of nitrogens with zero attached hydrogens (tertiary/aromatic N) is 3. The van der Waals surface area contributed by atoms with Crippen molar-refractivity contribution in [3.8, 4) is 56.4 Å². The van der Waals surface area contributed by atoms with Crippen molar-refractivity contribution in [2.24, 2.45) is 0 Å². The van der Waals surface area contributed by atoms with Crippen LogP contribution < -0.4 is 0 Å². The molecular weight excluding hydrogens is 474 g/mol. The molecule has 0 fully saturated rings. The Bertz CT molecular complexity index is 1560. The monoisotopic (exact) mass is 495 g/mol. The van der Waals surface area contributed by atoms with E-state index in [1.807, 2.05) is 84.9 Å². The van der Waals surface area contributed by atoms with E-state index >= 15 is 0 Å². The number of halogens is 1. The second-order valence-corrected chi connectivity index (χ2v) is 9.14. The van der Waals surface area contributed by atoms with Gasteiger partial charge < -0.3 is 0 Å². The topological polar surface area (TPSA) is 38.7 Å². The molecule has 176 valence electrons. The summed E-state index contributed by atoms with van der Waals surface area (Å²) in [6.07, 6.45) is 0. The van der Waals surface area contributed by atoms with Crippen LogP contribution in [0.25, 0.3) is 56.4 Å². The Kier molecular flexibility index (Phi) is 6.28. The van der Waals surface area contributed by atoms with Gasteiger partial charge in [0, 0.05) is 21.7 Å². The number of rotatable bonds is 5. The van der Waals surface area contributed by atoms with Crippen molar-refractivity contribution in [1.29, 1.82) is 0 Å². The van der Waals surface area contributed by atoms with Gasteiger partial charge in [0.2, 0.25) is 0 Å². The second kappa shape index (κ2) is 10.2. The summed E-state index contributed by atoms with van der Waals surface area (Å²) in [5.41, 5.74) is 7.25. The molecule has 0 saturated heterocycles. The van der Waals surface area contributed by atoms with E-state index in [4.69, 9.17) is 26.6 Å². The molecule has 6 rings (SSSR count). The van der Waals surface area contributed by atoms with E-state index in [1.54, 1.807) is 0 Å². The van der Waals surface area contributed by atoms with Crippen LogP contribution in [0.2, 0.25) is 5.02 Å². The fourth-order valence-electron chi connectivity index (χ4n) is 4.30. The molecule has 6 aromatic rings. The first kappa shape index (κ1) is 22.8. The molecule has 0 aliphatic carbocycles. The lowest BCUT2D eigenvalue weighted by molar-refractivity contribution is 1.07. The predicted molar refractivity (Wildman–Crippen MR) is 152 cm³/mol. The Morgan fingerprint density at radius 2 is 0.703 bits per heavy atom. The Labute approximate surface area is 221 Å². The summed E-state index contributed by atoms with van der Waals surface area (Å²) in [7, 11) is 0. The van der Waals surface area contributed by atoms with Crippen molar-refractivity contribution in [3.63, 3.8) is 0 Å². The van der Waals surface area contributed by atoms with Crippen LogP contribution in [0.1, 0.15) is 0 Å². The van der Waals surface area contributed by atoms with Crippen molar-refractivity contribution in [1.82, 2.24) is 15.0 Å². The molecule has 3 nitrogen and oxygen atoms in total. The smallest absolute Gasteiger partial charge is 0.164 e. The van der Waals surface area contributed by atoms with Gasteiger partial charge in [-0.05, 0) is 58.7 Å². The van der Waals surface area contributed by atoms with Gasteiger partial charge in [-0.3, -0.25) is 0 Å². The molecule has 5 aromatic carbocycles. The molecule has 0 aliphatic rings. The Hall–Kier alpha value is -4.60. The fraction of sp³-hybridized carbons (Fsp3) is 0. The van der Waals surface area contributed by atoms with Crippen LogP contribution in [0.5, 0.6) is 0 Å². The van der Waals surface area contributed by atoms with Crippen molar-refractivity contribution in [2.75, 3.05) is 0 Å². The van der Waals surface area contributed by atoms with Crippen molar-refractivity contribution in [2.45, 2.75) is 0 Å². The molecule has 0 atom stereocenters. The highest BCUT2D eigenvalue weighted by Gasteiger charge is 2.13. The molecule has 0 aliphatic heterocycles. The first-order chi connectivity index (χ1) is 18.2. The van der Waals surface area contributed by atoms with Gasteiger partial charge >= 0.3 is 0 Å². The minimum Gasteiger partial charge on any atom is -0.208 e. The SMILES string of the molecule is Clc1ccc(-c2nc(-c3cccc(-c4ccccc4)c3)nc(-c3cccc(-c4ccccc4)c3)n2)cc1. The first-order valence-electron chi connectivity index (χ1n) is 12.1. The summed E-state index contributed by atoms with van der Waals surface area (Å²) in [5, 5.41) is 0.671. The van der Waals surface area contributed by atoms with Gasteiger partial charge in [-0.15, -0.1) is 0 Å². The van der Waals surface area contributed by atoms with E-state index in [2.05, 4.69) is 48.5 Å². The van der Waals surface area contributed by atoms with Gasteiger partial charge in [-0.2, -0.15) is 0 Å². The van der Waals surface area contributed by atoms with Crippen LogP contribution in [0.3, 0.4) is 0 Å². The summed E-state index contributed by atoms with van der Waals surface area (Å²) in [4.78, 5) is 14.7. The van der Waals surface area contributed by atoms with Gasteiger partial charge in [0.25, 0.3) is 0 Å². The van der Waals surface area contributed by atoms with Gasteiger partial charge in [-0.1, -0.05) is 109 Å². The van der Waals surface area contributed by atoms with E-state index in [0.717, 1.165) is 38.9 Å². The third kappa shape index (κ3) is 5.04. The lowest BCUT2D eigenvalue weighted by Gasteiger charge is -2.10. The summed E-state index contributed by atoms with van der Waals surface area (Å²) < 4.78 is 0. The predicted octanol–water partition coefficient (Wildman–Crippen LogP) is 8.86. The fourth-order valence-corrected chi connectivity index (χ4v) is 4.43. The lowest BCUT2D eigenvalue weighted by Crippen LogP contribution is -2.00. The van der Waals surface area contributed by atoms with Crippen LogP contribution in [0.4, 0.5) is 0 Å². The third-order valence-corrected chi connectivity index (χ3v) is 6.45. The van der Waals surface area contributed by atoms with Crippen molar-refractivity contribution < 1.29 is 0 Å². The van der Waals surface area contributed by atoms with E-state index in [9.17, 15) is 0 Å². The average molecular weight is 496 g/mol. The Balaban J connectivity index is 1.50. The van der Waals surface area contributed by atoms with Crippen molar-refractivity contribution in [3.05, 3.63) is 138 Å². The van der Waals surface area contributed by atoms with Crippen LogP contribution in [0, 0.1) is 0 Å².